The maximum absolute atomic E-state index is 12.1. The van der Waals surface area contributed by atoms with Crippen LogP contribution in [0.5, 0.6) is 0 Å². The fraction of sp³-hybridized carbons (Fsp3) is 0.588. The third kappa shape index (κ3) is 6.31. The van der Waals surface area contributed by atoms with E-state index < -0.39 is 0 Å². The van der Waals surface area contributed by atoms with Crippen LogP contribution in [-0.2, 0) is 27.2 Å². The Labute approximate surface area is 165 Å². The summed E-state index contributed by atoms with van der Waals surface area (Å²) >= 11 is 2.56. The van der Waals surface area contributed by atoms with Crippen LogP contribution in [-0.4, -0.2) is 44.9 Å². The number of thioether (sulfide) groups is 1. The molecule has 0 saturated heterocycles. The van der Waals surface area contributed by atoms with Crippen LogP contribution in [0.3, 0.4) is 0 Å². The monoisotopic (exact) mass is 409 g/mol. The number of carbonyl (C=O) groups excluding carboxylic acids is 2. The van der Waals surface area contributed by atoms with E-state index in [2.05, 4.69) is 30.2 Å². The molecule has 0 radical (unpaired) electrons. The highest BCUT2D eigenvalue weighted by Gasteiger charge is 2.16. The zero-order valence-electron chi connectivity index (χ0n) is 15.2. The molecule has 0 aliphatic heterocycles. The van der Waals surface area contributed by atoms with Gasteiger partial charge in [0, 0.05) is 11.8 Å². The first-order valence-electron chi connectivity index (χ1n) is 8.97. The highest BCUT2D eigenvalue weighted by molar-refractivity contribution is 7.99. The van der Waals surface area contributed by atoms with Gasteiger partial charge in [-0.15, -0.1) is 16.4 Å². The summed E-state index contributed by atoms with van der Waals surface area (Å²) in [4.78, 5) is 31.9. The molecular formula is C17H23N5O3S2. The minimum atomic E-state index is -0.359. The van der Waals surface area contributed by atoms with Crippen molar-refractivity contribution < 1.29 is 14.3 Å². The summed E-state index contributed by atoms with van der Waals surface area (Å²) in [5.41, 5.74) is 0.579. The van der Waals surface area contributed by atoms with Crippen molar-refractivity contribution in [1.29, 1.82) is 0 Å². The Morgan fingerprint density at radius 3 is 2.96 bits per heavy atom. The van der Waals surface area contributed by atoms with Crippen LogP contribution >= 0.6 is 23.1 Å². The Balaban J connectivity index is 1.39. The number of hydrogen-bond acceptors (Lipinski definition) is 8. The number of amides is 1. The summed E-state index contributed by atoms with van der Waals surface area (Å²) in [6, 6.07) is 0. The van der Waals surface area contributed by atoms with Crippen molar-refractivity contribution in [1.82, 2.24) is 20.2 Å². The average molecular weight is 410 g/mol. The van der Waals surface area contributed by atoms with E-state index in [0.29, 0.717) is 16.0 Å². The van der Waals surface area contributed by atoms with Gasteiger partial charge >= 0.3 is 5.97 Å². The van der Waals surface area contributed by atoms with Crippen LogP contribution in [0.25, 0.3) is 0 Å². The van der Waals surface area contributed by atoms with Crippen LogP contribution < -0.4 is 5.32 Å². The van der Waals surface area contributed by atoms with Crippen molar-refractivity contribution in [3.63, 3.8) is 0 Å². The lowest BCUT2D eigenvalue weighted by molar-refractivity contribution is -0.139. The smallest absolute Gasteiger partial charge is 0.311 e. The number of anilines is 1. The van der Waals surface area contributed by atoms with Crippen molar-refractivity contribution in [2.45, 2.75) is 50.1 Å². The fourth-order valence-corrected chi connectivity index (χ4v) is 4.39. The molecule has 0 bridgehead atoms. The average Bonchev–Trinajstić information content (AvgIpc) is 3.40. The number of carbonyl (C=O) groups is 2. The van der Waals surface area contributed by atoms with Crippen LogP contribution in [0.2, 0.25) is 0 Å². The number of aromatic amines is 1. The van der Waals surface area contributed by atoms with Crippen molar-refractivity contribution in [3.05, 3.63) is 16.9 Å². The fourth-order valence-electron chi connectivity index (χ4n) is 3.05. The molecule has 146 valence electrons. The number of esters is 1. The van der Waals surface area contributed by atoms with Gasteiger partial charge in [-0.1, -0.05) is 37.4 Å². The second-order valence-corrected chi connectivity index (χ2v) is 8.29. The lowest BCUT2D eigenvalue weighted by atomic mass is 10.0. The van der Waals surface area contributed by atoms with E-state index in [9.17, 15) is 9.59 Å². The number of nitrogens with zero attached hydrogens (tertiary/aromatic N) is 3. The van der Waals surface area contributed by atoms with Gasteiger partial charge in [-0.05, 0) is 12.3 Å². The number of thiazole rings is 1. The van der Waals surface area contributed by atoms with Crippen LogP contribution in [0.4, 0.5) is 5.13 Å². The van der Waals surface area contributed by atoms with E-state index in [4.69, 9.17) is 0 Å². The van der Waals surface area contributed by atoms with E-state index in [1.807, 2.05) is 0 Å². The summed E-state index contributed by atoms with van der Waals surface area (Å²) in [7, 11) is 1.33. The van der Waals surface area contributed by atoms with Gasteiger partial charge in [0.25, 0.3) is 0 Å². The molecule has 0 unspecified atom stereocenters. The number of H-pyrrole nitrogens is 1. The number of rotatable bonds is 9. The molecule has 2 aromatic rings. The molecule has 1 aliphatic rings. The van der Waals surface area contributed by atoms with E-state index in [1.165, 1.54) is 55.9 Å². The van der Waals surface area contributed by atoms with Gasteiger partial charge in [-0.25, -0.2) is 9.97 Å². The van der Waals surface area contributed by atoms with Gasteiger partial charge in [0.2, 0.25) is 11.1 Å². The first-order valence-corrected chi connectivity index (χ1v) is 10.8. The van der Waals surface area contributed by atoms with Gasteiger partial charge in [0.15, 0.2) is 5.13 Å². The standard InChI is InChI=1S/C17H23N5O3S2/c1-25-15(24)8-12-9-26-16(18-12)20-14(23)10-27-17-19-13(21-22-17)7-6-11-4-2-3-5-11/h9,11H,2-8,10H2,1H3,(H,18,20,23)(H,19,21,22). The maximum atomic E-state index is 12.1. The molecule has 1 aliphatic carbocycles. The summed E-state index contributed by atoms with van der Waals surface area (Å²) in [5, 5.41) is 12.6. The number of aromatic nitrogens is 4. The molecule has 27 heavy (non-hydrogen) atoms. The largest absolute Gasteiger partial charge is 0.469 e. The van der Waals surface area contributed by atoms with E-state index in [0.717, 1.165) is 24.6 Å². The van der Waals surface area contributed by atoms with Crippen molar-refractivity contribution in [2.24, 2.45) is 5.92 Å². The quantitative estimate of drug-likeness (QED) is 0.484. The Morgan fingerprint density at radius 1 is 1.37 bits per heavy atom. The molecule has 1 amide bonds. The lowest BCUT2D eigenvalue weighted by Crippen LogP contribution is -2.14. The Kier molecular flexibility index (Phi) is 7.22. The second kappa shape index (κ2) is 9.84. The molecule has 0 atom stereocenters. The SMILES string of the molecule is COC(=O)Cc1csc(NC(=O)CSc2n[nH]c(CCC3CCCC3)n2)n1. The van der Waals surface area contributed by atoms with Gasteiger partial charge in [-0.2, -0.15) is 0 Å². The molecule has 2 aromatic heterocycles. The van der Waals surface area contributed by atoms with Gasteiger partial charge < -0.3 is 10.1 Å². The number of hydrogen-bond donors (Lipinski definition) is 2. The van der Waals surface area contributed by atoms with Crippen LogP contribution in [0.1, 0.15) is 43.6 Å². The minimum Gasteiger partial charge on any atom is -0.469 e. The van der Waals surface area contributed by atoms with Crippen molar-refractivity contribution >= 4 is 40.1 Å². The predicted octanol–water partition coefficient (Wildman–Crippen LogP) is 2.83. The number of ether oxygens (including phenoxy) is 1. The third-order valence-electron chi connectivity index (χ3n) is 4.46. The Bertz CT molecular complexity index is 770. The maximum Gasteiger partial charge on any atom is 0.311 e. The Hall–Kier alpha value is -1.94. The summed E-state index contributed by atoms with van der Waals surface area (Å²) in [5.74, 6) is 1.36. The molecule has 1 saturated carbocycles. The third-order valence-corrected chi connectivity index (χ3v) is 6.11. The van der Waals surface area contributed by atoms with E-state index in [-0.39, 0.29) is 24.1 Å². The first kappa shape index (κ1) is 19.8. The van der Waals surface area contributed by atoms with Gasteiger partial charge in [-0.3, -0.25) is 14.7 Å². The summed E-state index contributed by atoms with van der Waals surface area (Å²) < 4.78 is 4.60. The summed E-state index contributed by atoms with van der Waals surface area (Å²) in [6.45, 7) is 0. The molecule has 8 nitrogen and oxygen atoms in total. The molecular weight excluding hydrogens is 386 g/mol. The molecule has 10 heteroatoms. The van der Waals surface area contributed by atoms with Crippen LogP contribution in [0, 0.1) is 5.92 Å². The topological polar surface area (TPSA) is 110 Å². The zero-order valence-corrected chi connectivity index (χ0v) is 16.8. The number of nitrogens with one attached hydrogen (secondary N) is 2. The molecule has 0 aromatic carbocycles. The number of methoxy groups -OCH3 is 1. The van der Waals surface area contributed by atoms with Gasteiger partial charge in [0.05, 0.1) is 25.0 Å². The molecule has 1 fully saturated rings. The normalized spacial score (nSPS) is 14.4. The van der Waals surface area contributed by atoms with Gasteiger partial charge in [0.1, 0.15) is 5.82 Å². The molecule has 2 heterocycles. The zero-order chi connectivity index (χ0) is 19.1. The first-order chi connectivity index (χ1) is 13.1. The molecule has 0 spiro atoms. The van der Waals surface area contributed by atoms with E-state index in [1.54, 1.807) is 5.38 Å². The second-order valence-electron chi connectivity index (χ2n) is 6.49. The Morgan fingerprint density at radius 2 is 2.19 bits per heavy atom. The molecule has 3 rings (SSSR count). The predicted molar refractivity (Wildman–Crippen MR) is 104 cm³/mol. The number of aryl methyl sites for hydroxylation is 1. The van der Waals surface area contributed by atoms with Crippen LogP contribution in [0.15, 0.2) is 10.5 Å². The van der Waals surface area contributed by atoms with Crippen molar-refractivity contribution in [3.8, 4) is 0 Å². The van der Waals surface area contributed by atoms with E-state index >= 15 is 0 Å². The lowest BCUT2D eigenvalue weighted by Gasteiger charge is -2.05. The van der Waals surface area contributed by atoms with Crippen molar-refractivity contribution in [2.75, 3.05) is 18.2 Å². The molecule has 2 N–H and O–H groups in total. The highest BCUT2D eigenvalue weighted by Crippen LogP contribution is 2.28. The minimum absolute atomic E-state index is 0.0957. The highest BCUT2D eigenvalue weighted by atomic mass is 32.2. The summed E-state index contributed by atoms with van der Waals surface area (Å²) in [6.07, 6.45) is 7.51.